The quantitative estimate of drug-likeness (QED) is 0.756. The van der Waals surface area contributed by atoms with Crippen LogP contribution in [0.2, 0.25) is 0 Å². The van der Waals surface area contributed by atoms with Crippen LogP contribution in [0.15, 0.2) is 47.5 Å². The van der Waals surface area contributed by atoms with Gasteiger partial charge < -0.3 is 14.6 Å². The van der Waals surface area contributed by atoms with Gasteiger partial charge in [-0.2, -0.15) is 0 Å². The Kier molecular flexibility index (Phi) is 4.93. The summed E-state index contributed by atoms with van der Waals surface area (Å²) in [6.07, 6.45) is 7.18. The van der Waals surface area contributed by atoms with Crippen molar-refractivity contribution >= 4 is 0 Å². The summed E-state index contributed by atoms with van der Waals surface area (Å²) >= 11 is 0. The second-order valence-electron chi connectivity index (χ2n) is 4.41. The van der Waals surface area contributed by atoms with Gasteiger partial charge in [-0.3, -0.25) is 4.98 Å². The minimum Gasteiger partial charge on any atom is -0.472 e. The van der Waals surface area contributed by atoms with E-state index in [0.29, 0.717) is 0 Å². The van der Waals surface area contributed by atoms with Crippen LogP contribution in [-0.2, 0) is 13.1 Å². The molecule has 1 N–H and O–H groups in total. The average molecular weight is 245 g/mol. The molecule has 0 saturated heterocycles. The molecule has 2 aromatic rings. The van der Waals surface area contributed by atoms with Gasteiger partial charge in [0.25, 0.3) is 0 Å². The number of furan rings is 1. The van der Waals surface area contributed by atoms with E-state index in [1.807, 2.05) is 18.3 Å². The second-order valence-corrected chi connectivity index (χ2v) is 4.41. The summed E-state index contributed by atoms with van der Waals surface area (Å²) in [7, 11) is 2.12. The zero-order valence-electron chi connectivity index (χ0n) is 10.7. The van der Waals surface area contributed by atoms with Gasteiger partial charge in [0.2, 0.25) is 0 Å². The largest absolute Gasteiger partial charge is 0.472 e. The van der Waals surface area contributed by atoms with Crippen LogP contribution >= 0.6 is 0 Å². The predicted molar refractivity (Wildman–Crippen MR) is 71.0 cm³/mol. The molecule has 96 valence electrons. The molecule has 0 aliphatic heterocycles. The van der Waals surface area contributed by atoms with Crippen LogP contribution in [0.5, 0.6) is 0 Å². The highest BCUT2D eigenvalue weighted by Gasteiger charge is 2.00. The van der Waals surface area contributed by atoms with Crippen molar-refractivity contribution in [3.63, 3.8) is 0 Å². The monoisotopic (exact) mass is 245 g/mol. The fourth-order valence-corrected chi connectivity index (χ4v) is 1.78. The molecule has 0 atom stereocenters. The van der Waals surface area contributed by atoms with E-state index >= 15 is 0 Å². The zero-order valence-corrected chi connectivity index (χ0v) is 10.7. The van der Waals surface area contributed by atoms with E-state index in [1.54, 1.807) is 18.7 Å². The fourth-order valence-electron chi connectivity index (χ4n) is 1.78. The van der Waals surface area contributed by atoms with E-state index in [0.717, 1.165) is 26.2 Å². The summed E-state index contributed by atoms with van der Waals surface area (Å²) in [5.41, 5.74) is 2.43. The van der Waals surface area contributed by atoms with Gasteiger partial charge in [0.05, 0.1) is 12.5 Å². The highest BCUT2D eigenvalue weighted by atomic mass is 16.3. The van der Waals surface area contributed by atoms with Gasteiger partial charge in [-0.1, -0.05) is 6.07 Å². The summed E-state index contributed by atoms with van der Waals surface area (Å²) in [5, 5.41) is 3.39. The number of rotatable bonds is 7. The molecule has 0 saturated carbocycles. The van der Waals surface area contributed by atoms with Gasteiger partial charge in [-0.15, -0.1) is 0 Å². The van der Waals surface area contributed by atoms with Crippen molar-refractivity contribution < 1.29 is 4.42 Å². The molecule has 18 heavy (non-hydrogen) atoms. The van der Waals surface area contributed by atoms with Gasteiger partial charge in [0.15, 0.2) is 0 Å². The lowest BCUT2D eigenvalue weighted by Gasteiger charge is -2.16. The van der Waals surface area contributed by atoms with Gasteiger partial charge in [0.1, 0.15) is 0 Å². The maximum absolute atomic E-state index is 5.01. The van der Waals surface area contributed by atoms with Gasteiger partial charge >= 0.3 is 0 Å². The molecule has 0 aliphatic rings. The third-order valence-corrected chi connectivity index (χ3v) is 2.75. The first-order valence-electron chi connectivity index (χ1n) is 6.14. The number of hydrogen-bond donors (Lipinski definition) is 1. The summed E-state index contributed by atoms with van der Waals surface area (Å²) in [5.74, 6) is 0. The van der Waals surface area contributed by atoms with Crippen LogP contribution < -0.4 is 5.32 Å². The van der Waals surface area contributed by atoms with Crippen molar-refractivity contribution in [1.82, 2.24) is 15.2 Å². The molecular weight excluding hydrogens is 226 g/mol. The first-order chi connectivity index (χ1) is 8.84. The van der Waals surface area contributed by atoms with Crippen LogP contribution in [0.3, 0.4) is 0 Å². The van der Waals surface area contributed by atoms with Crippen LogP contribution in [0.25, 0.3) is 0 Å². The van der Waals surface area contributed by atoms with Gasteiger partial charge in [0, 0.05) is 44.1 Å². The Morgan fingerprint density at radius 2 is 2.28 bits per heavy atom. The van der Waals surface area contributed by atoms with Crippen LogP contribution in [-0.4, -0.2) is 30.0 Å². The smallest absolute Gasteiger partial charge is 0.0947 e. The number of likely N-dealkylation sites (N-methyl/N-ethyl adjacent to an activating group) is 1. The predicted octanol–water partition coefficient (Wildman–Crippen LogP) is 1.90. The molecule has 4 heteroatoms. The van der Waals surface area contributed by atoms with Gasteiger partial charge in [-0.25, -0.2) is 0 Å². The molecule has 0 amide bonds. The Morgan fingerprint density at radius 3 is 3.00 bits per heavy atom. The van der Waals surface area contributed by atoms with Crippen LogP contribution in [0, 0.1) is 0 Å². The minimum absolute atomic E-state index is 0.858. The standard InChI is InChI=1S/C14H19N3O/c1-17(11-13-3-2-5-15-9-13)7-6-16-10-14-4-8-18-12-14/h2-5,8-9,12,16H,6-7,10-11H2,1H3. The number of pyridine rings is 1. The first-order valence-corrected chi connectivity index (χ1v) is 6.14. The summed E-state index contributed by atoms with van der Waals surface area (Å²) in [6, 6.07) is 6.05. The van der Waals surface area contributed by atoms with E-state index < -0.39 is 0 Å². The molecule has 0 unspecified atom stereocenters. The lowest BCUT2D eigenvalue weighted by atomic mass is 10.3. The highest BCUT2D eigenvalue weighted by Crippen LogP contribution is 2.00. The normalized spacial score (nSPS) is 11.0. The van der Waals surface area contributed by atoms with E-state index in [-0.39, 0.29) is 0 Å². The molecule has 0 fully saturated rings. The molecule has 0 radical (unpaired) electrons. The summed E-state index contributed by atoms with van der Waals surface area (Å²) < 4.78 is 5.01. The average Bonchev–Trinajstić information content (AvgIpc) is 2.89. The molecule has 0 aliphatic carbocycles. The SMILES string of the molecule is CN(CCNCc1ccoc1)Cc1cccnc1. The molecule has 2 rings (SSSR count). The fraction of sp³-hybridized carbons (Fsp3) is 0.357. The van der Waals surface area contributed by atoms with Crippen LogP contribution in [0.1, 0.15) is 11.1 Å². The lowest BCUT2D eigenvalue weighted by molar-refractivity contribution is 0.323. The maximum atomic E-state index is 5.01. The Morgan fingerprint density at radius 1 is 1.33 bits per heavy atom. The van der Waals surface area contributed by atoms with E-state index in [1.165, 1.54) is 11.1 Å². The Labute approximate surface area is 108 Å². The number of nitrogens with zero attached hydrogens (tertiary/aromatic N) is 2. The Bertz CT molecular complexity index is 428. The van der Waals surface area contributed by atoms with Crippen molar-refractivity contribution in [1.29, 1.82) is 0 Å². The summed E-state index contributed by atoms with van der Waals surface area (Å²) in [4.78, 5) is 6.39. The van der Waals surface area contributed by atoms with E-state index in [2.05, 4.69) is 28.3 Å². The Hall–Kier alpha value is -1.65. The number of aromatic nitrogens is 1. The Balaban J connectivity index is 1.62. The zero-order chi connectivity index (χ0) is 12.6. The molecule has 0 spiro atoms. The number of nitrogens with one attached hydrogen (secondary N) is 1. The topological polar surface area (TPSA) is 41.3 Å². The molecule has 4 nitrogen and oxygen atoms in total. The minimum atomic E-state index is 0.858. The molecule has 0 aromatic carbocycles. The van der Waals surface area contributed by atoms with E-state index in [4.69, 9.17) is 4.42 Å². The third kappa shape index (κ3) is 4.31. The molecule has 2 aromatic heterocycles. The molecule has 0 bridgehead atoms. The van der Waals surface area contributed by atoms with Crippen LogP contribution in [0.4, 0.5) is 0 Å². The maximum Gasteiger partial charge on any atom is 0.0947 e. The van der Waals surface area contributed by atoms with Gasteiger partial charge in [-0.05, 0) is 24.7 Å². The third-order valence-electron chi connectivity index (χ3n) is 2.75. The second kappa shape index (κ2) is 6.93. The van der Waals surface area contributed by atoms with Crippen molar-refractivity contribution in [2.24, 2.45) is 0 Å². The number of hydrogen-bond acceptors (Lipinski definition) is 4. The lowest BCUT2D eigenvalue weighted by Crippen LogP contribution is -2.28. The first kappa shape index (κ1) is 12.8. The van der Waals surface area contributed by atoms with Crippen molar-refractivity contribution in [3.8, 4) is 0 Å². The van der Waals surface area contributed by atoms with E-state index in [9.17, 15) is 0 Å². The highest BCUT2D eigenvalue weighted by molar-refractivity contribution is 5.08. The van der Waals surface area contributed by atoms with Crippen molar-refractivity contribution in [2.75, 3.05) is 20.1 Å². The van der Waals surface area contributed by atoms with Crippen molar-refractivity contribution in [2.45, 2.75) is 13.1 Å². The molecular formula is C14H19N3O. The van der Waals surface area contributed by atoms with Crippen molar-refractivity contribution in [3.05, 3.63) is 54.2 Å². The molecule has 2 heterocycles. The summed E-state index contributed by atoms with van der Waals surface area (Å²) in [6.45, 7) is 3.76.